The van der Waals surface area contributed by atoms with Crippen molar-refractivity contribution in [1.29, 1.82) is 5.26 Å². The van der Waals surface area contributed by atoms with Crippen molar-refractivity contribution in [3.8, 4) is 6.07 Å². The van der Waals surface area contributed by atoms with Gasteiger partial charge in [0.05, 0.1) is 17.0 Å². The summed E-state index contributed by atoms with van der Waals surface area (Å²) in [5.74, 6) is 0.153. The number of fused-ring (bicyclic) bond motifs is 1. The summed E-state index contributed by atoms with van der Waals surface area (Å²) in [6, 6.07) is 8.33. The predicted octanol–water partition coefficient (Wildman–Crippen LogP) is 3.86. The molecule has 3 aromatic rings. The van der Waals surface area contributed by atoms with Gasteiger partial charge >= 0.3 is 0 Å². The van der Waals surface area contributed by atoms with E-state index in [1.54, 1.807) is 23.6 Å². The van der Waals surface area contributed by atoms with Gasteiger partial charge < -0.3 is 15.2 Å². The fourth-order valence-corrected chi connectivity index (χ4v) is 5.35. The summed E-state index contributed by atoms with van der Waals surface area (Å²) in [7, 11) is -3.10. The van der Waals surface area contributed by atoms with Gasteiger partial charge in [-0.1, -0.05) is 12.2 Å². The molecule has 0 amide bonds. The zero-order valence-corrected chi connectivity index (χ0v) is 20.4. The first-order valence-corrected chi connectivity index (χ1v) is 13.1. The third-order valence-corrected chi connectivity index (χ3v) is 8.24. The van der Waals surface area contributed by atoms with Gasteiger partial charge in [0.1, 0.15) is 6.07 Å². The zero-order valence-electron chi connectivity index (χ0n) is 19.6. The van der Waals surface area contributed by atoms with Crippen molar-refractivity contribution in [3.05, 3.63) is 59.6 Å². The van der Waals surface area contributed by atoms with Crippen LogP contribution in [0.5, 0.6) is 0 Å². The second-order valence-electron chi connectivity index (χ2n) is 8.40. The Morgan fingerprint density at radius 2 is 2.00 bits per heavy atom. The minimum Gasteiger partial charge on any atom is -0.361 e. The molecule has 0 spiro atoms. The van der Waals surface area contributed by atoms with Gasteiger partial charge in [-0.3, -0.25) is 4.98 Å². The fourth-order valence-electron chi connectivity index (χ4n) is 4.26. The van der Waals surface area contributed by atoms with Gasteiger partial charge in [-0.05, 0) is 44.0 Å². The lowest BCUT2D eigenvalue weighted by atomic mass is 10.1. The van der Waals surface area contributed by atoms with Crippen molar-refractivity contribution < 1.29 is 8.42 Å². The van der Waals surface area contributed by atoms with Gasteiger partial charge in [-0.25, -0.2) is 8.42 Å². The number of anilines is 2. The number of sulfonamides is 1. The van der Waals surface area contributed by atoms with Crippen LogP contribution in [-0.2, 0) is 10.0 Å². The maximum atomic E-state index is 12.0. The number of rotatable bonds is 8. The molecular weight excluding hydrogens is 448 g/mol. The van der Waals surface area contributed by atoms with E-state index in [4.69, 9.17) is 0 Å². The summed E-state index contributed by atoms with van der Waals surface area (Å²) < 4.78 is 25.6. The summed E-state index contributed by atoms with van der Waals surface area (Å²) in [5.41, 5.74) is 5.22. The van der Waals surface area contributed by atoms with Crippen LogP contribution in [0.25, 0.3) is 17.0 Å². The van der Waals surface area contributed by atoms with Crippen molar-refractivity contribution in [1.82, 2.24) is 19.2 Å². The van der Waals surface area contributed by atoms with Crippen LogP contribution < -0.4 is 5.32 Å². The number of aryl methyl sites for hydroxylation is 1. The number of nitrogens with one attached hydrogen (secondary N) is 2. The highest BCUT2D eigenvalue weighted by molar-refractivity contribution is 7.89. The SMILES string of the molecule is CCS(=O)(=O)N1CCN(CC/C=C/c2cncc(C#N)c2Nc2ccc3[nH]ccc3c2C)CC1. The number of piperazine rings is 1. The third-order valence-electron chi connectivity index (χ3n) is 6.36. The molecule has 0 atom stereocenters. The quantitative estimate of drug-likeness (QED) is 0.509. The highest BCUT2D eigenvalue weighted by atomic mass is 32.2. The number of pyridine rings is 1. The van der Waals surface area contributed by atoms with E-state index >= 15 is 0 Å². The molecule has 0 aliphatic carbocycles. The summed E-state index contributed by atoms with van der Waals surface area (Å²) in [6.07, 6.45) is 10.2. The number of aromatic amines is 1. The van der Waals surface area contributed by atoms with Crippen molar-refractivity contribution in [2.45, 2.75) is 20.3 Å². The molecule has 1 aliphatic rings. The number of nitrogens with zero attached hydrogens (tertiary/aromatic N) is 4. The van der Waals surface area contributed by atoms with Gasteiger partial charge in [0.2, 0.25) is 10.0 Å². The van der Waals surface area contributed by atoms with Crippen LogP contribution >= 0.6 is 0 Å². The molecule has 8 nitrogen and oxygen atoms in total. The number of hydrogen-bond acceptors (Lipinski definition) is 6. The van der Waals surface area contributed by atoms with Crippen LogP contribution in [0.4, 0.5) is 11.4 Å². The smallest absolute Gasteiger partial charge is 0.213 e. The van der Waals surface area contributed by atoms with Gasteiger partial charge in [0.15, 0.2) is 0 Å². The lowest BCUT2D eigenvalue weighted by Crippen LogP contribution is -2.49. The average Bonchev–Trinajstić information content (AvgIpc) is 3.34. The van der Waals surface area contributed by atoms with Crippen LogP contribution in [-0.4, -0.2) is 66.1 Å². The summed E-state index contributed by atoms with van der Waals surface area (Å²) in [4.78, 5) is 9.74. The van der Waals surface area contributed by atoms with E-state index in [1.807, 2.05) is 30.5 Å². The number of hydrogen-bond donors (Lipinski definition) is 2. The maximum Gasteiger partial charge on any atom is 0.213 e. The molecule has 178 valence electrons. The largest absolute Gasteiger partial charge is 0.361 e. The predicted molar refractivity (Wildman–Crippen MR) is 136 cm³/mol. The molecule has 1 saturated heterocycles. The van der Waals surface area contributed by atoms with E-state index in [1.165, 1.54) is 0 Å². The lowest BCUT2D eigenvalue weighted by molar-refractivity contribution is 0.191. The van der Waals surface area contributed by atoms with Crippen molar-refractivity contribution >= 4 is 38.4 Å². The monoisotopic (exact) mass is 478 g/mol. The molecule has 1 aliphatic heterocycles. The maximum absolute atomic E-state index is 12.0. The van der Waals surface area contributed by atoms with Crippen molar-refractivity contribution in [2.24, 2.45) is 0 Å². The molecule has 0 radical (unpaired) electrons. The first-order chi connectivity index (χ1) is 16.4. The summed E-state index contributed by atoms with van der Waals surface area (Å²) >= 11 is 0. The standard InChI is InChI=1S/C25H30N6O2S/c1-3-34(32,33)31-14-12-30(13-15-31)11-5-4-6-20-17-27-18-21(16-26)25(20)29-23-7-8-24-22(19(23)2)9-10-28-24/h4,6-10,17-18,28H,3,5,11-15H2,1-2H3,(H,27,29)/b6-4+. The Bertz CT molecular complexity index is 1330. The molecule has 0 saturated carbocycles. The minimum atomic E-state index is -3.10. The number of nitriles is 1. The molecule has 0 unspecified atom stereocenters. The molecule has 2 N–H and O–H groups in total. The van der Waals surface area contributed by atoms with Crippen molar-refractivity contribution in [2.75, 3.05) is 43.8 Å². The Labute approximate surface area is 201 Å². The molecule has 4 rings (SSSR count). The Morgan fingerprint density at radius 1 is 1.21 bits per heavy atom. The fraction of sp³-hybridized carbons (Fsp3) is 0.360. The molecule has 9 heteroatoms. The topological polar surface area (TPSA) is 105 Å². The highest BCUT2D eigenvalue weighted by Crippen LogP contribution is 2.30. The lowest BCUT2D eigenvalue weighted by Gasteiger charge is -2.33. The number of aromatic nitrogens is 2. The van der Waals surface area contributed by atoms with Gasteiger partial charge in [0, 0.05) is 73.5 Å². The molecule has 0 bridgehead atoms. The van der Waals surface area contributed by atoms with Gasteiger partial charge in [-0.15, -0.1) is 0 Å². The normalized spacial score (nSPS) is 15.7. The van der Waals surface area contributed by atoms with E-state index in [-0.39, 0.29) is 5.75 Å². The highest BCUT2D eigenvalue weighted by Gasteiger charge is 2.24. The second kappa shape index (κ2) is 10.4. The molecule has 1 fully saturated rings. The van der Waals surface area contributed by atoms with E-state index < -0.39 is 10.0 Å². The van der Waals surface area contributed by atoms with Crippen LogP contribution in [0.2, 0.25) is 0 Å². The van der Waals surface area contributed by atoms with Gasteiger partial charge in [-0.2, -0.15) is 9.57 Å². The Kier molecular flexibility index (Phi) is 7.32. The Balaban J connectivity index is 1.43. The van der Waals surface area contributed by atoms with E-state index in [0.29, 0.717) is 18.7 Å². The van der Waals surface area contributed by atoms with E-state index in [0.717, 1.165) is 59.5 Å². The second-order valence-corrected chi connectivity index (χ2v) is 10.7. The molecular formula is C25H30N6O2S. The van der Waals surface area contributed by atoms with E-state index in [9.17, 15) is 13.7 Å². The van der Waals surface area contributed by atoms with Crippen molar-refractivity contribution in [3.63, 3.8) is 0 Å². The first-order valence-electron chi connectivity index (χ1n) is 11.5. The molecule has 3 heterocycles. The minimum absolute atomic E-state index is 0.153. The van der Waals surface area contributed by atoms with Crippen LogP contribution in [0.15, 0.2) is 42.9 Å². The molecule has 1 aromatic carbocycles. The number of H-pyrrole nitrogens is 1. The molecule has 2 aromatic heterocycles. The number of benzene rings is 1. The summed E-state index contributed by atoms with van der Waals surface area (Å²) in [6.45, 7) is 7.19. The zero-order chi connectivity index (χ0) is 24.1. The van der Waals surface area contributed by atoms with Crippen LogP contribution in [0.1, 0.15) is 30.0 Å². The van der Waals surface area contributed by atoms with Gasteiger partial charge in [0.25, 0.3) is 0 Å². The van der Waals surface area contributed by atoms with Crippen LogP contribution in [0.3, 0.4) is 0 Å². The summed E-state index contributed by atoms with van der Waals surface area (Å²) in [5, 5.41) is 14.3. The third kappa shape index (κ3) is 5.14. The average molecular weight is 479 g/mol. The molecule has 34 heavy (non-hydrogen) atoms. The van der Waals surface area contributed by atoms with E-state index in [2.05, 4.69) is 39.3 Å². The Hall–Kier alpha value is -3.19. The van der Waals surface area contributed by atoms with Crippen LogP contribution in [0, 0.1) is 18.3 Å². The first kappa shape index (κ1) is 24.0. The Morgan fingerprint density at radius 3 is 2.74 bits per heavy atom.